The molecule has 1 rings (SSSR count). The Hall–Kier alpha value is -1.73. The molecule has 1 aromatic rings. The molecule has 1 amide bonds. The molecule has 0 saturated heterocycles. The van der Waals surface area contributed by atoms with E-state index in [0.29, 0.717) is 5.56 Å². The molecule has 88 valence electrons. The Morgan fingerprint density at radius 3 is 3.06 bits per heavy atom. The lowest BCUT2D eigenvalue weighted by Gasteiger charge is -2.10. The lowest BCUT2D eigenvalue weighted by Crippen LogP contribution is -2.31. The summed E-state index contributed by atoms with van der Waals surface area (Å²) >= 11 is 1.39. The van der Waals surface area contributed by atoms with Crippen LogP contribution >= 0.6 is 11.8 Å². The molecule has 0 saturated carbocycles. The number of carbonyl (C=O) groups is 2. The lowest BCUT2D eigenvalue weighted by molar-refractivity contribution is -0.120. The molecule has 0 fully saturated rings. The summed E-state index contributed by atoms with van der Waals surface area (Å²) in [4.78, 5) is 23.1. The second kappa shape index (κ2) is 6.77. The molecule has 0 aliphatic rings. The number of terminal acetylenes is 1. The van der Waals surface area contributed by atoms with E-state index >= 15 is 0 Å². The molecule has 17 heavy (non-hydrogen) atoms. The smallest absolute Gasteiger partial charge is 0.233 e. The second-order valence-electron chi connectivity index (χ2n) is 3.37. The Bertz CT molecular complexity index is 451. The molecule has 0 bridgehead atoms. The average molecular weight is 247 g/mol. The number of aldehydes is 1. The van der Waals surface area contributed by atoms with Crippen molar-refractivity contribution < 1.29 is 9.59 Å². The SMILES string of the molecule is C#CCNC(=O)C(C)Sc1cccc(C=O)c1. The highest BCUT2D eigenvalue weighted by molar-refractivity contribution is 8.00. The van der Waals surface area contributed by atoms with E-state index in [1.165, 1.54) is 11.8 Å². The quantitative estimate of drug-likeness (QED) is 0.489. The monoisotopic (exact) mass is 247 g/mol. The summed E-state index contributed by atoms with van der Waals surface area (Å²) in [5.41, 5.74) is 0.603. The molecule has 1 N–H and O–H groups in total. The van der Waals surface area contributed by atoms with Crippen LogP contribution in [-0.2, 0) is 4.79 Å². The first-order chi connectivity index (χ1) is 8.17. The zero-order valence-corrected chi connectivity index (χ0v) is 10.3. The van der Waals surface area contributed by atoms with Gasteiger partial charge in [0, 0.05) is 10.5 Å². The van der Waals surface area contributed by atoms with Gasteiger partial charge in [0.1, 0.15) is 6.29 Å². The van der Waals surface area contributed by atoms with Gasteiger partial charge in [0.2, 0.25) is 5.91 Å². The lowest BCUT2D eigenvalue weighted by atomic mass is 10.2. The van der Waals surface area contributed by atoms with E-state index in [0.717, 1.165) is 11.2 Å². The van der Waals surface area contributed by atoms with E-state index in [1.54, 1.807) is 25.1 Å². The molecule has 4 heteroatoms. The first-order valence-corrected chi connectivity index (χ1v) is 5.98. The highest BCUT2D eigenvalue weighted by Crippen LogP contribution is 2.23. The van der Waals surface area contributed by atoms with Crippen molar-refractivity contribution in [2.75, 3.05) is 6.54 Å². The van der Waals surface area contributed by atoms with Crippen molar-refractivity contribution in [1.29, 1.82) is 0 Å². The number of benzene rings is 1. The maximum Gasteiger partial charge on any atom is 0.233 e. The first-order valence-electron chi connectivity index (χ1n) is 5.10. The number of thioether (sulfide) groups is 1. The van der Waals surface area contributed by atoms with Crippen LogP contribution in [-0.4, -0.2) is 24.0 Å². The van der Waals surface area contributed by atoms with Crippen LogP contribution in [0.2, 0.25) is 0 Å². The van der Waals surface area contributed by atoms with Crippen LogP contribution in [0.25, 0.3) is 0 Å². The Morgan fingerprint density at radius 2 is 2.41 bits per heavy atom. The molecule has 1 unspecified atom stereocenters. The zero-order valence-electron chi connectivity index (χ0n) is 9.47. The predicted octanol–water partition coefficient (Wildman–Crippen LogP) is 1.73. The highest BCUT2D eigenvalue weighted by atomic mass is 32.2. The first kappa shape index (κ1) is 13.3. The number of hydrogen-bond donors (Lipinski definition) is 1. The third-order valence-electron chi connectivity index (χ3n) is 2.04. The van der Waals surface area contributed by atoms with Gasteiger partial charge < -0.3 is 5.32 Å². The van der Waals surface area contributed by atoms with Crippen molar-refractivity contribution in [3.8, 4) is 12.3 Å². The molecule has 0 aliphatic carbocycles. The number of nitrogens with one attached hydrogen (secondary N) is 1. The van der Waals surface area contributed by atoms with Crippen molar-refractivity contribution in [1.82, 2.24) is 5.32 Å². The summed E-state index contributed by atoms with van der Waals surface area (Å²) in [7, 11) is 0. The normalized spacial score (nSPS) is 11.3. The van der Waals surface area contributed by atoms with E-state index < -0.39 is 0 Å². The van der Waals surface area contributed by atoms with Crippen LogP contribution in [0, 0.1) is 12.3 Å². The minimum atomic E-state index is -0.245. The van der Waals surface area contributed by atoms with E-state index in [2.05, 4.69) is 11.2 Å². The van der Waals surface area contributed by atoms with Crippen LogP contribution in [0.1, 0.15) is 17.3 Å². The summed E-state index contributed by atoms with van der Waals surface area (Å²) in [6.45, 7) is 2.03. The largest absolute Gasteiger partial charge is 0.344 e. The standard InChI is InChI=1S/C13H13NO2S/c1-3-7-14-13(16)10(2)17-12-6-4-5-11(8-12)9-15/h1,4-6,8-10H,7H2,2H3,(H,14,16). The summed E-state index contributed by atoms with van der Waals surface area (Å²) in [6.07, 6.45) is 5.84. The predicted molar refractivity (Wildman–Crippen MR) is 69.0 cm³/mol. The molecule has 0 radical (unpaired) electrons. The average Bonchev–Trinajstić information content (AvgIpc) is 2.36. The van der Waals surface area contributed by atoms with E-state index in [4.69, 9.17) is 6.42 Å². The van der Waals surface area contributed by atoms with Gasteiger partial charge in [-0.1, -0.05) is 18.1 Å². The molecule has 0 heterocycles. The topological polar surface area (TPSA) is 46.2 Å². The second-order valence-corrected chi connectivity index (χ2v) is 4.79. The van der Waals surface area contributed by atoms with Crippen LogP contribution in [0.3, 0.4) is 0 Å². The Kier molecular flexibility index (Phi) is 5.31. The van der Waals surface area contributed by atoms with Gasteiger partial charge in [0.05, 0.1) is 11.8 Å². The van der Waals surface area contributed by atoms with Crippen molar-refractivity contribution in [3.05, 3.63) is 29.8 Å². The number of amides is 1. The summed E-state index contributed by atoms with van der Waals surface area (Å²) in [5, 5.41) is 2.37. The molecule has 3 nitrogen and oxygen atoms in total. The highest BCUT2D eigenvalue weighted by Gasteiger charge is 2.13. The number of carbonyl (C=O) groups excluding carboxylic acids is 2. The Balaban J connectivity index is 2.61. The van der Waals surface area contributed by atoms with Crippen LogP contribution < -0.4 is 5.32 Å². The van der Waals surface area contributed by atoms with E-state index in [-0.39, 0.29) is 17.7 Å². The third kappa shape index (κ3) is 4.33. The maximum absolute atomic E-state index is 11.6. The van der Waals surface area contributed by atoms with E-state index in [1.807, 2.05) is 6.07 Å². The Labute approximate surface area is 105 Å². The van der Waals surface area contributed by atoms with E-state index in [9.17, 15) is 9.59 Å². The number of hydrogen-bond acceptors (Lipinski definition) is 3. The molecule has 0 aliphatic heterocycles. The van der Waals surface area contributed by atoms with Crippen molar-refractivity contribution >= 4 is 24.0 Å². The van der Waals surface area contributed by atoms with Gasteiger partial charge in [0.25, 0.3) is 0 Å². The van der Waals surface area contributed by atoms with Gasteiger partial charge >= 0.3 is 0 Å². The third-order valence-corrected chi connectivity index (χ3v) is 3.13. The number of rotatable bonds is 5. The molecule has 1 atom stereocenters. The maximum atomic E-state index is 11.6. The van der Waals surface area contributed by atoms with Crippen molar-refractivity contribution in [3.63, 3.8) is 0 Å². The van der Waals surface area contributed by atoms with Crippen LogP contribution in [0.4, 0.5) is 0 Å². The molecule has 0 spiro atoms. The minimum absolute atomic E-state index is 0.107. The molecule has 1 aromatic carbocycles. The van der Waals surface area contributed by atoms with Crippen molar-refractivity contribution in [2.24, 2.45) is 0 Å². The van der Waals surface area contributed by atoms with Gasteiger partial charge in [-0.15, -0.1) is 18.2 Å². The van der Waals surface area contributed by atoms with Crippen LogP contribution in [0.5, 0.6) is 0 Å². The fourth-order valence-electron chi connectivity index (χ4n) is 1.20. The van der Waals surface area contributed by atoms with Crippen molar-refractivity contribution in [2.45, 2.75) is 17.1 Å². The molecular formula is C13H13NO2S. The summed E-state index contributed by atoms with van der Waals surface area (Å²) in [6, 6.07) is 7.13. The zero-order chi connectivity index (χ0) is 12.7. The van der Waals surface area contributed by atoms with Gasteiger partial charge in [-0.05, 0) is 19.1 Å². The summed E-state index contributed by atoms with van der Waals surface area (Å²) < 4.78 is 0. The van der Waals surface area contributed by atoms with Gasteiger partial charge in [-0.25, -0.2) is 0 Å². The molecule has 0 aromatic heterocycles. The minimum Gasteiger partial charge on any atom is -0.344 e. The fourth-order valence-corrected chi connectivity index (χ4v) is 2.16. The van der Waals surface area contributed by atoms with Gasteiger partial charge in [-0.3, -0.25) is 9.59 Å². The molecular weight excluding hydrogens is 234 g/mol. The van der Waals surface area contributed by atoms with Gasteiger partial charge in [-0.2, -0.15) is 0 Å². The fraction of sp³-hybridized carbons (Fsp3) is 0.231. The van der Waals surface area contributed by atoms with Gasteiger partial charge in [0.15, 0.2) is 0 Å². The Morgan fingerprint density at radius 1 is 1.65 bits per heavy atom. The van der Waals surface area contributed by atoms with Crippen LogP contribution in [0.15, 0.2) is 29.2 Å². The summed E-state index contributed by atoms with van der Waals surface area (Å²) in [5.74, 6) is 2.24.